The zero-order valence-corrected chi connectivity index (χ0v) is 16.9. The monoisotopic (exact) mass is 572 g/mol. The van der Waals surface area contributed by atoms with E-state index in [2.05, 4.69) is 0 Å². The van der Waals surface area contributed by atoms with Crippen LogP contribution in [0, 0.1) is 0 Å². The van der Waals surface area contributed by atoms with Gasteiger partial charge in [-0.15, -0.1) is 0 Å². The zero-order chi connectivity index (χ0) is 28.9. The number of alkyl halides is 17. The fraction of sp³-hybridized carbons (Fsp3) is 0.824. The molecule has 212 valence electrons. The van der Waals surface area contributed by atoms with Gasteiger partial charge in [-0.25, -0.2) is 18.0 Å². The first-order chi connectivity index (χ1) is 15.8. The van der Waals surface area contributed by atoms with Crippen molar-refractivity contribution in [2.45, 2.75) is 85.7 Å². The van der Waals surface area contributed by atoms with Gasteiger partial charge < -0.3 is 5.11 Å². The summed E-state index contributed by atoms with van der Waals surface area (Å²) >= 11 is 0. The lowest BCUT2D eigenvalue weighted by molar-refractivity contribution is -0.446. The van der Waals surface area contributed by atoms with E-state index in [1.165, 1.54) is 0 Å². The Kier molecular flexibility index (Phi) is 8.37. The second-order valence-corrected chi connectivity index (χ2v) is 7.66. The fourth-order valence-electron chi connectivity index (χ4n) is 2.94. The highest BCUT2D eigenvalue weighted by molar-refractivity contribution is 5.86. The molecule has 0 aromatic heterocycles. The van der Waals surface area contributed by atoms with Crippen molar-refractivity contribution in [1.29, 1.82) is 0 Å². The van der Waals surface area contributed by atoms with Gasteiger partial charge in [-0.1, -0.05) is 6.08 Å². The van der Waals surface area contributed by atoms with Crippen molar-refractivity contribution < 1.29 is 84.5 Å². The zero-order valence-electron chi connectivity index (χ0n) is 16.9. The lowest BCUT2D eigenvalue weighted by Gasteiger charge is -2.45. The van der Waals surface area contributed by atoms with Gasteiger partial charge in [0.25, 0.3) is 0 Å². The number of rotatable bonds is 1. The van der Waals surface area contributed by atoms with Crippen LogP contribution in [0.1, 0.15) is 25.7 Å². The maximum atomic E-state index is 13.1. The van der Waals surface area contributed by atoms with Gasteiger partial charge in [-0.2, -0.15) is 61.5 Å². The second-order valence-electron chi connectivity index (χ2n) is 7.66. The molecule has 3 unspecified atom stereocenters. The number of carbonyl (C=O) groups is 1. The molecule has 1 N–H and O–H groups in total. The molecule has 0 heterocycles. The average Bonchev–Trinajstić information content (AvgIpc) is 2.77. The van der Waals surface area contributed by atoms with Gasteiger partial charge in [-0.3, -0.25) is 0 Å². The van der Waals surface area contributed by atoms with Crippen molar-refractivity contribution in [1.82, 2.24) is 0 Å². The quantitative estimate of drug-likeness (QED) is 0.343. The number of allylic oxidation sites excluding steroid dienone is 1. The summed E-state index contributed by atoms with van der Waals surface area (Å²) in [5, 5.41) is 8.47. The van der Waals surface area contributed by atoms with E-state index in [9.17, 15) is 79.4 Å². The molecule has 1 saturated carbocycles. The third-order valence-corrected chi connectivity index (χ3v) is 5.21. The van der Waals surface area contributed by atoms with E-state index in [0.717, 1.165) is 25.7 Å². The van der Waals surface area contributed by atoms with Gasteiger partial charge in [-0.05, 0) is 25.7 Å². The minimum absolute atomic E-state index is 0.598. The Labute approximate surface area is 189 Å². The summed E-state index contributed by atoms with van der Waals surface area (Å²) in [4.78, 5) is 10.3. The Hall–Kier alpha value is -1.98. The molecule has 3 atom stereocenters. The Bertz CT molecular complexity index is 850. The van der Waals surface area contributed by atoms with Crippen molar-refractivity contribution >= 4 is 5.97 Å². The van der Waals surface area contributed by atoms with Crippen LogP contribution < -0.4 is 0 Å². The normalized spacial score (nSPS) is 33.8. The molecule has 0 spiro atoms. The van der Waals surface area contributed by atoms with E-state index in [4.69, 9.17) is 5.11 Å². The molecule has 0 saturated heterocycles. The van der Waals surface area contributed by atoms with E-state index in [0.29, 0.717) is 5.57 Å². The molecule has 2 aliphatic carbocycles. The minimum Gasteiger partial charge on any atom is -0.478 e. The molecule has 19 heteroatoms. The fourth-order valence-corrected chi connectivity index (χ4v) is 2.94. The minimum atomic E-state index is -8.33. The Morgan fingerprint density at radius 2 is 1.08 bits per heavy atom. The SMILES string of the molecule is FC1C(F)C(F)(F)C(F)(F)C(F)(F)C(F)(F)C(F)(F)C(F)(F)C(F)C1(F)F.O=C(O)C1=CCCCC1. The number of carboxylic acid groups (broad SMARTS) is 1. The van der Waals surface area contributed by atoms with Crippen LogP contribution in [-0.4, -0.2) is 71.0 Å². The van der Waals surface area contributed by atoms with Crippen LogP contribution >= 0.6 is 0 Å². The topological polar surface area (TPSA) is 37.3 Å². The molecule has 2 nitrogen and oxygen atoms in total. The molecule has 1 fully saturated rings. The molecule has 2 rings (SSSR count). The smallest absolute Gasteiger partial charge is 0.384 e. The molecule has 0 aromatic carbocycles. The lowest BCUT2D eigenvalue weighted by Crippen LogP contribution is -2.76. The maximum absolute atomic E-state index is 13.1. The van der Waals surface area contributed by atoms with Crippen molar-refractivity contribution in [2.24, 2.45) is 0 Å². The van der Waals surface area contributed by atoms with Gasteiger partial charge in [0.1, 0.15) is 0 Å². The van der Waals surface area contributed by atoms with Crippen LogP contribution in [0.4, 0.5) is 74.6 Å². The van der Waals surface area contributed by atoms with E-state index in [1.54, 1.807) is 0 Å². The molecule has 2 aliphatic rings. The summed E-state index contributed by atoms with van der Waals surface area (Å²) in [7, 11) is 0. The van der Waals surface area contributed by atoms with E-state index in [-0.39, 0.29) is 0 Å². The van der Waals surface area contributed by atoms with Gasteiger partial charge in [0, 0.05) is 5.57 Å². The molecule has 0 aliphatic heterocycles. The molecule has 0 amide bonds. The maximum Gasteiger partial charge on any atom is 0.384 e. The number of aliphatic carboxylic acids is 1. The van der Waals surface area contributed by atoms with Crippen LogP contribution in [-0.2, 0) is 4.79 Å². The van der Waals surface area contributed by atoms with E-state index < -0.39 is 65.9 Å². The predicted molar refractivity (Wildman–Crippen MR) is 83.5 cm³/mol. The third-order valence-electron chi connectivity index (χ3n) is 5.21. The van der Waals surface area contributed by atoms with E-state index in [1.807, 2.05) is 6.08 Å². The summed E-state index contributed by atoms with van der Waals surface area (Å²) in [6.07, 6.45) is -12.4. The third kappa shape index (κ3) is 4.47. The highest BCUT2D eigenvalue weighted by atomic mass is 19.4. The van der Waals surface area contributed by atoms with E-state index >= 15 is 0 Å². The number of hydrogen-bond donors (Lipinski definition) is 1. The first-order valence-corrected chi connectivity index (χ1v) is 9.27. The van der Waals surface area contributed by atoms with Crippen LogP contribution in [0.25, 0.3) is 0 Å². The molecule has 36 heavy (non-hydrogen) atoms. The Balaban J connectivity index is 0.000000600. The summed E-state index contributed by atoms with van der Waals surface area (Å²) in [6.45, 7) is 0. The molecular weight excluding hydrogens is 559 g/mol. The molecule has 0 radical (unpaired) electrons. The highest BCUT2D eigenvalue weighted by Gasteiger charge is 2.94. The first-order valence-electron chi connectivity index (χ1n) is 9.27. The second kappa shape index (κ2) is 9.40. The van der Waals surface area contributed by atoms with Crippen LogP contribution in [0.5, 0.6) is 0 Å². The van der Waals surface area contributed by atoms with Gasteiger partial charge in [0.05, 0.1) is 0 Å². The van der Waals surface area contributed by atoms with Crippen molar-refractivity contribution in [3.05, 3.63) is 11.6 Å². The highest BCUT2D eigenvalue weighted by Crippen LogP contribution is 2.63. The van der Waals surface area contributed by atoms with Crippen molar-refractivity contribution in [3.63, 3.8) is 0 Å². The van der Waals surface area contributed by atoms with Crippen LogP contribution in [0.3, 0.4) is 0 Å². The molecule has 0 aromatic rings. The number of carboxylic acids is 1. The standard InChI is InChI=1S/C10H3F17.C7H10O2/c11-1-2(12)5(16,17)7(20,21)9(24,25)10(26,27)8(22,23)6(18,19)3(13)4(1,14)15;8-7(9)6-4-2-1-3-5-6/h1-3H;4H,1-3,5H2,(H,8,9). The van der Waals surface area contributed by atoms with Crippen molar-refractivity contribution in [3.8, 4) is 0 Å². The van der Waals surface area contributed by atoms with Gasteiger partial charge in [0.15, 0.2) is 0 Å². The summed E-state index contributed by atoms with van der Waals surface area (Å²) in [6, 6.07) is 0. The summed E-state index contributed by atoms with van der Waals surface area (Å²) in [5.74, 6) is -56.0. The average molecular weight is 572 g/mol. The Morgan fingerprint density at radius 1 is 0.667 bits per heavy atom. The predicted octanol–water partition coefficient (Wildman–Crippen LogP) is 7.03. The Morgan fingerprint density at radius 3 is 1.42 bits per heavy atom. The van der Waals surface area contributed by atoms with Gasteiger partial charge in [0.2, 0.25) is 18.5 Å². The lowest BCUT2D eigenvalue weighted by atomic mass is 9.82. The molecular formula is C17H13F17O2. The van der Waals surface area contributed by atoms with Gasteiger partial charge >= 0.3 is 47.4 Å². The van der Waals surface area contributed by atoms with Crippen LogP contribution in [0.2, 0.25) is 0 Å². The number of hydrogen-bond acceptors (Lipinski definition) is 1. The van der Waals surface area contributed by atoms with Crippen LogP contribution in [0.15, 0.2) is 11.6 Å². The largest absolute Gasteiger partial charge is 0.478 e. The summed E-state index contributed by atoms with van der Waals surface area (Å²) < 4.78 is 222. The van der Waals surface area contributed by atoms with Crippen molar-refractivity contribution in [2.75, 3.05) is 0 Å². The summed E-state index contributed by atoms with van der Waals surface area (Å²) in [5.41, 5.74) is 0.598. The number of halogens is 17. The first kappa shape index (κ1) is 32.0. The molecule has 0 bridgehead atoms.